The lowest BCUT2D eigenvalue weighted by Gasteiger charge is -2.21. The zero-order chi connectivity index (χ0) is 16.5. The van der Waals surface area contributed by atoms with Crippen LogP contribution in [0.3, 0.4) is 0 Å². The zero-order valence-corrected chi connectivity index (χ0v) is 13.6. The standard InChI is InChI=1S/C20H23NO2/c1-2-21(16-17-10-5-3-6-11-17)20(23)15-9-14-19(22)18-12-7-4-8-13-18/h3-8,10-13H,2,9,14-16H2,1H3. The molecule has 0 atom stereocenters. The van der Waals surface area contributed by atoms with Crippen molar-refractivity contribution in [1.82, 2.24) is 4.90 Å². The van der Waals surface area contributed by atoms with E-state index in [0.29, 0.717) is 32.4 Å². The lowest BCUT2D eigenvalue weighted by molar-refractivity contribution is -0.131. The van der Waals surface area contributed by atoms with Crippen LogP contribution in [0.2, 0.25) is 0 Å². The molecule has 0 unspecified atom stereocenters. The molecule has 1 amide bonds. The molecule has 0 saturated carbocycles. The molecule has 0 heterocycles. The van der Waals surface area contributed by atoms with Crippen LogP contribution in [-0.2, 0) is 11.3 Å². The monoisotopic (exact) mass is 309 g/mol. The molecule has 2 aromatic rings. The second-order valence-corrected chi connectivity index (χ2v) is 5.54. The number of amides is 1. The molecule has 0 radical (unpaired) electrons. The van der Waals surface area contributed by atoms with Crippen molar-refractivity contribution in [2.45, 2.75) is 32.7 Å². The summed E-state index contributed by atoms with van der Waals surface area (Å²) in [5.41, 5.74) is 1.85. The van der Waals surface area contributed by atoms with Gasteiger partial charge in [-0.15, -0.1) is 0 Å². The normalized spacial score (nSPS) is 10.3. The van der Waals surface area contributed by atoms with E-state index in [0.717, 1.165) is 11.1 Å². The first-order valence-electron chi connectivity index (χ1n) is 8.10. The maximum absolute atomic E-state index is 12.3. The van der Waals surface area contributed by atoms with Crippen LogP contribution < -0.4 is 0 Å². The van der Waals surface area contributed by atoms with E-state index in [4.69, 9.17) is 0 Å². The Bertz CT molecular complexity index is 623. The van der Waals surface area contributed by atoms with Gasteiger partial charge in [0.2, 0.25) is 5.91 Å². The minimum atomic E-state index is 0.101. The summed E-state index contributed by atoms with van der Waals surface area (Å²) < 4.78 is 0. The molecule has 3 nitrogen and oxygen atoms in total. The second kappa shape index (κ2) is 8.89. The molecule has 0 spiro atoms. The Kier molecular flexibility index (Phi) is 6.55. The predicted octanol–water partition coefficient (Wildman–Crippen LogP) is 4.09. The van der Waals surface area contributed by atoms with E-state index in [-0.39, 0.29) is 11.7 Å². The third-order valence-electron chi connectivity index (χ3n) is 3.84. The lowest BCUT2D eigenvalue weighted by atomic mass is 10.1. The van der Waals surface area contributed by atoms with Gasteiger partial charge in [-0.1, -0.05) is 60.7 Å². The summed E-state index contributed by atoms with van der Waals surface area (Å²) in [5, 5.41) is 0. The van der Waals surface area contributed by atoms with Crippen molar-refractivity contribution < 1.29 is 9.59 Å². The molecule has 0 bridgehead atoms. The maximum Gasteiger partial charge on any atom is 0.222 e. The van der Waals surface area contributed by atoms with E-state index in [1.54, 1.807) is 0 Å². The fourth-order valence-corrected chi connectivity index (χ4v) is 2.51. The third-order valence-corrected chi connectivity index (χ3v) is 3.84. The summed E-state index contributed by atoms with van der Waals surface area (Å²) in [6.07, 6.45) is 1.43. The van der Waals surface area contributed by atoms with Crippen LogP contribution >= 0.6 is 0 Å². The van der Waals surface area contributed by atoms with Gasteiger partial charge in [0.25, 0.3) is 0 Å². The highest BCUT2D eigenvalue weighted by atomic mass is 16.2. The summed E-state index contributed by atoms with van der Waals surface area (Å²) in [5.74, 6) is 0.210. The molecule has 2 aromatic carbocycles. The van der Waals surface area contributed by atoms with Crippen LogP contribution in [0, 0.1) is 0 Å². The molecular formula is C20H23NO2. The number of nitrogens with zero attached hydrogens (tertiary/aromatic N) is 1. The summed E-state index contributed by atoms with van der Waals surface area (Å²) in [6.45, 7) is 3.29. The highest BCUT2D eigenvalue weighted by Gasteiger charge is 2.13. The number of hydrogen-bond acceptors (Lipinski definition) is 2. The van der Waals surface area contributed by atoms with E-state index in [2.05, 4.69) is 0 Å². The largest absolute Gasteiger partial charge is 0.339 e. The van der Waals surface area contributed by atoms with Crippen LogP contribution in [0.15, 0.2) is 60.7 Å². The van der Waals surface area contributed by atoms with Crippen LogP contribution in [0.4, 0.5) is 0 Å². The second-order valence-electron chi connectivity index (χ2n) is 5.54. The maximum atomic E-state index is 12.3. The SMILES string of the molecule is CCN(Cc1ccccc1)C(=O)CCCC(=O)c1ccccc1. The van der Waals surface area contributed by atoms with E-state index in [1.165, 1.54) is 0 Å². The van der Waals surface area contributed by atoms with Crippen molar-refractivity contribution in [3.05, 3.63) is 71.8 Å². The molecule has 0 fully saturated rings. The van der Waals surface area contributed by atoms with Gasteiger partial charge in [0.15, 0.2) is 5.78 Å². The molecular weight excluding hydrogens is 286 g/mol. The van der Waals surface area contributed by atoms with Crippen LogP contribution in [0.1, 0.15) is 42.1 Å². The van der Waals surface area contributed by atoms with Gasteiger partial charge in [-0.05, 0) is 18.9 Å². The quantitative estimate of drug-likeness (QED) is 0.689. The lowest BCUT2D eigenvalue weighted by Crippen LogP contribution is -2.30. The molecule has 0 aliphatic heterocycles. The van der Waals surface area contributed by atoms with Crippen molar-refractivity contribution in [2.24, 2.45) is 0 Å². The molecule has 23 heavy (non-hydrogen) atoms. The van der Waals surface area contributed by atoms with E-state index >= 15 is 0 Å². The molecule has 0 aromatic heterocycles. The Labute approximate surface area is 137 Å². The van der Waals surface area contributed by atoms with Gasteiger partial charge in [-0.2, -0.15) is 0 Å². The molecule has 0 N–H and O–H groups in total. The number of ketones is 1. The first-order valence-corrected chi connectivity index (χ1v) is 8.10. The Hall–Kier alpha value is -2.42. The van der Waals surface area contributed by atoms with Crippen molar-refractivity contribution in [3.8, 4) is 0 Å². The highest BCUT2D eigenvalue weighted by molar-refractivity contribution is 5.96. The van der Waals surface area contributed by atoms with Gasteiger partial charge < -0.3 is 4.90 Å². The van der Waals surface area contributed by atoms with Gasteiger partial charge in [-0.3, -0.25) is 9.59 Å². The Balaban J connectivity index is 1.80. The smallest absolute Gasteiger partial charge is 0.222 e. The molecule has 0 aliphatic rings. The topological polar surface area (TPSA) is 37.4 Å². The Morgan fingerprint density at radius 3 is 2.09 bits per heavy atom. The molecule has 0 aliphatic carbocycles. The number of hydrogen-bond donors (Lipinski definition) is 0. The fourth-order valence-electron chi connectivity index (χ4n) is 2.51. The molecule has 2 rings (SSSR count). The molecule has 3 heteroatoms. The average molecular weight is 309 g/mol. The van der Waals surface area contributed by atoms with Gasteiger partial charge >= 0.3 is 0 Å². The fraction of sp³-hybridized carbons (Fsp3) is 0.300. The Morgan fingerprint density at radius 2 is 1.48 bits per heavy atom. The van der Waals surface area contributed by atoms with E-state index < -0.39 is 0 Å². The van der Waals surface area contributed by atoms with Crippen molar-refractivity contribution in [1.29, 1.82) is 0 Å². The van der Waals surface area contributed by atoms with Crippen LogP contribution in [-0.4, -0.2) is 23.1 Å². The van der Waals surface area contributed by atoms with Crippen molar-refractivity contribution in [3.63, 3.8) is 0 Å². The number of carbonyl (C=O) groups is 2. The van der Waals surface area contributed by atoms with Crippen LogP contribution in [0.5, 0.6) is 0 Å². The number of benzene rings is 2. The number of Topliss-reactive ketones (excluding diaryl/α,β-unsaturated/α-hetero) is 1. The van der Waals surface area contributed by atoms with Gasteiger partial charge in [0.1, 0.15) is 0 Å². The van der Waals surface area contributed by atoms with Crippen molar-refractivity contribution in [2.75, 3.05) is 6.54 Å². The Morgan fingerprint density at radius 1 is 0.870 bits per heavy atom. The zero-order valence-electron chi connectivity index (χ0n) is 13.6. The summed E-state index contributed by atoms with van der Waals surface area (Å²) in [6, 6.07) is 19.2. The van der Waals surface area contributed by atoms with Gasteiger partial charge in [0.05, 0.1) is 0 Å². The van der Waals surface area contributed by atoms with E-state index in [9.17, 15) is 9.59 Å². The summed E-state index contributed by atoms with van der Waals surface area (Å²) in [4.78, 5) is 26.2. The third kappa shape index (κ3) is 5.37. The summed E-state index contributed by atoms with van der Waals surface area (Å²) in [7, 11) is 0. The van der Waals surface area contributed by atoms with Crippen LogP contribution in [0.25, 0.3) is 0 Å². The minimum Gasteiger partial charge on any atom is -0.339 e. The molecule has 0 saturated heterocycles. The highest BCUT2D eigenvalue weighted by Crippen LogP contribution is 2.10. The van der Waals surface area contributed by atoms with E-state index in [1.807, 2.05) is 72.5 Å². The average Bonchev–Trinajstić information content (AvgIpc) is 2.61. The van der Waals surface area contributed by atoms with Gasteiger partial charge in [0, 0.05) is 31.5 Å². The first kappa shape index (κ1) is 16.9. The predicted molar refractivity (Wildman–Crippen MR) is 92.2 cm³/mol. The van der Waals surface area contributed by atoms with Crippen molar-refractivity contribution >= 4 is 11.7 Å². The number of carbonyl (C=O) groups excluding carboxylic acids is 2. The van der Waals surface area contributed by atoms with Gasteiger partial charge in [-0.25, -0.2) is 0 Å². The molecule has 120 valence electrons. The first-order chi connectivity index (χ1) is 11.2. The number of rotatable bonds is 8. The minimum absolute atomic E-state index is 0.101. The summed E-state index contributed by atoms with van der Waals surface area (Å²) >= 11 is 0.